The lowest BCUT2D eigenvalue weighted by atomic mass is 10.1. The molecule has 0 bridgehead atoms. The van der Waals surface area contributed by atoms with Gasteiger partial charge in [0.15, 0.2) is 5.69 Å². The molecule has 4 aromatic rings. The van der Waals surface area contributed by atoms with Crippen LogP contribution in [-0.4, -0.2) is 62.5 Å². The zero-order valence-electron chi connectivity index (χ0n) is 20.7. The van der Waals surface area contributed by atoms with Gasteiger partial charge in [0.25, 0.3) is 0 Å². The zero-order valence-corrected chi connectivity index (χ0v) is 21.5. The van der Waals surface area contributed by atoms with E-state index in [9.17, 15) is 14.0 Å². The van der Waals surface area contributed by atoms with Gasteiger partial charge in [-0.25, -0.2) is 18.8 Å². The number of carbonyl (C=O) groups is 1. The molecule has 0 saturated carbocycles. The van der Waals surface area contributed by atoms with E-state index < -0.39 is 0 Å². The summed E-state index contributed by atoms with van der Waals surface area (Å²) in [5, 5.41) is 3.80. The van der Waals surface area contributed by atoms with Crippen LogP contribution in [0, 0.1) is 5.82 Å². The molecule has 1 aromatic carbocycles. The number of amides is 1. The average molecular weight is 525 g/mol. The molecule has 1 N–H and O–H groups in total. The second-order valence-corrected chi connectivity index (χ2v) is 10.1. The first-order valence-corrected chi connectivity index (χ1v) is 13.3. The number of aromatic nitrogens is 4. The van der Waals surface area contributed by atoms with Crippen molar-refractivity contribution in [1.82, 2.24) is 29.2 Å². The molecule has 1 saturated heterocycles. The highest BCUT2D eigenvalue weighted by Crippen LogP contribution is 2.31. The Hall–Kier alpha value is -3.57. The Morgan fingerprint density at radius 2 is 1.97 bits per heavy atom. The van der Waals surface area contributed by atoms with Gasteiger partial charge in [0.1, 0.15) is 17.4 Å². The first kappa shape index (κ1) is 25.1. The molecule has 3 aromatic heterocycles. The molecule has 194 valence electrons. The van der Waals surface area contributed by atoms with E-state index in [0.29, 0.717) is 42.6 Å². The van der Waals surface area contributed by atoms with Crippen LogP contribution in [0.1, 0.15) is 30.2 Å². The molecule has 0 aliphatic carbocycles. The van der Waals surface area contributed by atoms with Crippen LogP contribution in [0.4, 0.5) is 4.39 Å². The highest BCUT2D eigenvalue weighted by molar-refractivity contribution is 7.15. The molecule has 1 aliphatic rings. The van der Waals surface area contributed by atoms with E-state index in [0.717, 1.165) is 36.4 Å². The third-order valence-electron chi connectivity index (χ3n) is 6.28. The van der Waals surface area contributed by atoms with Crippen LogP contribution in [0.15, 0.2) is 47.7 Å². The number of piperazine rings is 1. The van der Waals surface area contributed by atoms with E-state index in [4.69, 9.17) is 9.72 Å². The van der Waals surface area contributed by atoms with E-state index in [2.05, 4.69) is 17.2 Å². The van der Waals surface area contributed by atoms with Crippen LogP contribution in [-0.2, 0) is 17.8 Å². The lowest BCUT2D eigenvalue weighted by molar-refractivity contribution is -0.132. The summed E-state index contributed by atoms with van der Waals surface area (Å²) in [6, 6.07) is 6.35. The molecule has 0 atom stereocenters. The molecule has 11 heteroatoms. The maximum atomic E-state index is 13.5. The number of unbranched alkanes of at least 4 members (excludes halogenated alkanes) is 1. The Labute approximate surface area is 217 Å². The van der Waals surface area contributed by atoms with Crippen molar-refractivity contribution in [3.63, 3.8) is 0 Å². The Morgan fingerprint density at radius 1 is 1.19 bits per heavy atom. The minimum Gasteiger partial charge on any atom is -0.486 e. The fourth-order valence-electron chi connectivity index (χ4n) is 4.24. The first-order valence-electron chi connectivity index (χ1n) is 12.5. The van der Waals surface area contributed by atoms with E-state index in [1.54, 1.807) is 35.3 Å². The van der Waals surface area contributed by atoms with E-state index in [1.807, 2.05) is 4.90 Å². The molecule has 0 unspecified atom stereocenters. The monoisotopic (exact) mass is 524 g/mol. The molecular formula is C26H29FN6O3S. The molecule has 4 heterocycles. The summed E-state index contributed by atoms with van der Waals surface area (Å²) in [5.41, 5.74) is 0.991. The smallest absolute Gasteiger partial charge is 0.302 e. The predicted octanol–water partition coefficient (Wildman–Crippen LogP) is 2.96. The lowest BCUT2D eigenvalue weighted by Gasteiger charge is -2.27. The Bertz CT molecular complexity index is 1440. The van der Waals surface area contributed by atoms with Crippen molar-refractivity contribution in [3.8, 4) is 16.5 Å². The molecule has 1 fully saturated rings. The van der Waals surface area contributed by atoms with Gasteiger partial charge in [-0.15, -0.1) is 11.3 Å². The van der Waals surface area contributed by atoms with Crippen molar-refractivity contribution in [3.05, 3.63) is 69.5 Å². The van der Waals surface area contributed by atoms with Gasteiger partial charge in [-0.2, -0.15) is 0 Å². The molecule has 1 aliphatic heterocycles. The van der Waals surface area contributed by atoms with Gasteiger partial charge < -0.3 is 19.5 Å². The number of carbonyl (C=O) groups excluding carboxylic acids is 1. The van der Waals surface area contributed by atoms with Gasteiger partial charge in [0.2, 0.25) is 17.4 Å². The number of hydrogen-bond donors (Lipinski definition) is 1. The topological polar surface area (TPSA) is 93.8 Å². The summed E-state index contributed by atoms with van der Waals surface area (Å²) in [5.74, 6) is 0.218. The molecule has 1 amide bonds. The SMILES string of the molecule is CCCCOc1c(-c2ncc(Cc3ccc(F)cc3)s2)nc2n(CC(=O)N3CCNCC3)ccn2c1=O. The normalized spacial score (nSPS) is 13.8. The van der Waals surface area contributed by atoms with Gasteiger partial charge in [0.05, 0.1) is 6.61 Å². The van der Waals surface area contributed by atoms with Crippen molar-refractivity contribution in [1.29, 1.82) is 0 Å². The molecule has 5 rings (SSSR count). The first-order chi connectivity index (χ1) is 18.0. The summed E-state index contributed by atoms with van der Waals surface area (Å²) in [4.78, 5) is 38.5. The maximum Gasteiger partial charge on any atom is 0.302 e. The van der Waals surface area contributed by atoms with Gasteiger partial charge >= 0.3 is 5.56 Å². The van der Waals surface area contributed by atoms with Crippen molar-refractivity contribution in [2.45, 2.75) is 32.7 Å². The molecule has 37 heavy (non-hydrogen) atoms. The number of thiazole rings is 1. The van der Waals surface area contributed by atoms with Crippen molar-refractivity contribution in [2.24, 2.45) is 0 Å². The Kier molecular flexibility index (Phi) is 7.61. The lowest BCUT2D eigenvalue weighted by Crippen LogP contribution is -2.47. The van der Waals surface area contributed by atoms with Gasteiger partial charge in [-0.1, -0.05) is 25.5 Å². The summed E-state index contributed by atoms with van der Waals surface area (Å²) in [7, 11) is 0. The number of imidazole rings is 1. The number of fused-ring (bicyclic) bond motifs is 1. The summed E-state index contributed by atoms with van der Waals surface area (Å²) in [6.07, 6.45) is 7.38. The van der Waals surface area contributed by atoms with Gasteiger partial charge in [-0.05, 0) is 24.1 Å². The molecule has 9 nitrogen and oxygen atoms in total. The second-order valence-electron chi connectivity index (χ2n) is 8.96. The molecule has 0 spiro atoms. The number of hydrogen-bond acceptors (Lipinski definition) is 7. The fourth-order valence-corrected chi connectivity index (χ4v) is 5.17. The Morgan fingerprint density at radius 3 is 2.73 bits per heavy atom. The largest absolute Gasteiger partial charge is 0.486 e. The van der Waals surface area contributed by atoms with Crippen LogP contribution in [0.5, 0.6) is 5.75 Å². The average Bonchev–Trinajstić information content (AvgIpc) is 3.54. The van der Waals surface area contributed by atoms with E-state index in [1.165, 1.54) is 27.9 Å². The van der Waals surface area contributed by atoms with E-state index in [-0.39, 0.29) is 29.6 Å². The van der Waals surface area contributed by atoms with Crippen LogP contribution in [0.3, 0.4) is 0 Å². The zero-order chi connectivity index (χ0) is 25.8. The number of nitrogens with one attached hydrogen (secondary N) is 1. The van der Waals surface area contributed by atoms with E-state index >= 15 is 0 Å². The highest BCUT2D eigenvalue weighted by Gasteiger charge is 2.23. The highest BCUT2D eigenvalue weighted by atomic mass is 32.1. The van der Waals surface area contributed by atoms with Crippen molar-refractivity contribution >= 4 is 23.0 Å². The minimum atomic E-state index is -0.334. The van der Waals surface area contributed by atoms with Crippen LogP contribution >= 0.6 is 11.3 Å². The number of ether oxygens (including phenoxy) is 1. The number of rotatable bonds is 9. The van der Waals surface area contributed by atoms with Crippen LogP contribution < -0.4 is 15.6 Å². The van der Waals surface area contributed by atoms with Gasteiger partial charge in [-0.3, -0.25) is 9.59 Å². The van der Waals surface area contributed by atoms with Crippen LogP contribution in [0.25, 0.3) is 16.5 Å². The predicted molar refractivity (Wildman–Crippen MR) is 140 cm³/mol. The minimum absolute atomic E-state index is 0.0190. The molecule has 0 radical (unpaired) electrons. The number of nitrogens with zero attached hydrogens (tertiary/aromatic N) is 5. The third-order valence-corrected chi connectivity index (χ3v) is 7.28. The summed E-state index contributed by atoms with van der Waals surface area (Å²) >= 11 is 1.41. The summed E-state index contributed by atoms with van der Waals surface area (Å²) < 4.78 is 22.3. The summed E-state index contributed by atoms with van der Waals surface area (Å²) in [6.45, 7) is 5.38. The van der Waals surface area contributed by atoms with Crippen molar-refractivity contribution in [2.75, 3.05) is 32.8 Å². The Balaban J connectivity index is 1.49. The van der Waals surface area contributed by atoms with Crippen LogP contribution in [0.2, 0.25) is 0 Å². The fraction of sp³-hybridized carbons (Fsp3) is 0.385. The van der Waals surface area contributed by atoms with Crippen molar-refractivity contribution < 1.29 is 13.9 Å². The quantitative estimate of drug-likeness (QED) is 0.339. The number of benzene rings is 1. The standard InChI is InChI=1S/C26H29FN6O3S/c1-2-3-14-36-23-22(24-29-16-20(37-24)15-18-4-6-19(27)7-5-18)30-26-32(12-13-33(26)25(23)35)17-21(34)31-10-8-28-9-11-31/h4-7,12-13,16,28H,2-3,8-11,14-15,17H2,1H3. The second kappa shape index (κ2) is 11.2. The van der Waals surface area contributed by atoms with Gasteiger partial charge in [0, 0.05) is 56.1 Å². The third kappa shape index (κ3) is 5.57. The maximum absolute atomic E-state index is 13.5. The number of halogens is 1. The molecular weight excluding hydrogens is 495 g/mol.